The highest BCUT2D eigenvalue weighted by Crippen LogP contribution is 2.14. The number of hydrogen-bond donors (Lipinski definition) is 2. The van der Waals surface area contributed by atoms with Crippen LogP contribution in [-0.4, -0.2) is 18.4 Å². The van der Waals surface area contributed by atoms with Crippen molar-refractivity contribution < 1.29 is 4.74 Å². The molecule has 2 N–H and O–H groups in total. The summed E-state index contributed by atoms with van der Waals surface area (Å²) in [5.41, 5.74) is 4.56. The first-order valence-corrected chi connectivity index (χ1v) is 6.48. The molecule has 0 radical (unpaired) electrons. The molecule has 0 saturated carbocycles. The molecule has 4 nitrogen and oxygen atoms in total. The van der Waals surface area contributed by atoms with E-state index in [-0.39, 0.29) is 0 Å². The first-order valence-electron chi connectivity index (χ1n) is 6.08. The standard InChI is InChI=1S/C15H15N3OS/c1-19-14-10-6-5-7-12(14)11-16-18-15(20)17-13-8-3-2-4-9-13/h2-11H,1H3,(H2,17,18,20)/b16-11-. The first kappa shape index (κ1) is 14.0. The van der Waals surface area contributed by atoms with Gasteiger partial charge in [-0.2, -0.15) is 5.10 Å². The molecule has 102 valence electrons. The van der Waals surface area contributed by atoms with E-state index in [2.05, 4.69) is 15.8 Å². The Labute approximate surface area is 123 Å². The lowest BCUT2D eigenvalue weighted by atomic mass is 10.2. The van der Waals surface area contributed by atoms with Gasteiger partial charge in [-0.15, -0.1) is 0 Å². The number of hydrazone groups is 1. The number of anilines is 1. The number of nitrogens with one attached hydrogen (secondary N) is 2. The van der Waals surface area contributed by atoms with Crippen LogP contribution in [0.1, 0.15) is 5.56 Å². The average molecular weight is 285 g/mol. The molecular formula is C15H15N3OS. The summed E-state index contributed by atoms with van der Waals surface area (Å²) >= 11 is 5.15. The summed E-state index contributed by atoms with van der Waals surface area (Å²) in [6.45, 7) is 0. The molecule has 0 bridgehead atoms. The number of rotatable bonds is 4. The molecule has 0 amide bonds. The second-order valence-electron chi connectivity index (χ2n) is 3.93. The summed E-state index contributed by atoms with van der Waals surface area (Å²) in [5.74, 6) is 0.764. The molecule has 0 aliphatic carbocycles. The van der Waals surface area contributed by atoms with Crippen LogP contribution in [-0.2, 0) is 0 Å². The monoisotopic (exact) mass is 285 g/mol. The lowest BCUT2D eigenvalue weighted by Crippen LogP contribution is -2.23. The van der Waals surface area contributed by atoms with E-state index >= 15 is 0 Å². The SMILES string of the molecule is COc1ccccc1/C=N\NC(=S)Nc1ccccc1. The number of para-hydroxylation sites is 2. The van der Waals surface area contributed by atoms with Crippen LogP contribution in [0.15, 0.2) is 59.7 Å². The van der Waals surface area contributed by atoms with Crippen molar-refractivity contribution in [3.63, 3.8) is 0 Å². The van der Waals surface area contributed by atoms with Gasteiger partial charge in [-0.05, 0) is 36.5 Å². The zero-order valence-electron chi connectivity index (χ0n) is 11.0. The van der Waals surface area contributed by atoms with Crippen molar-refractivity contribution in [3.8, 4) is 5.75 Å². The number of benzene rings is 2. The quantitative estimate of drug-likeness (QED) is 0.515. The Morgan fingerprint density at radius 2 is 1.80 bits per heavy atom. The molecule has 0 aliphatic rings. The van der Waals surface area contributed by atoms with Gasteiger partial charge in [0.15, 0.2) is 5.11 Å². The van der Waals surface area contributed by atoms with Gasteiger partial charge < -0.3 is 10.1 Å². The van der Waals surface area contributed by atoms with Gasteiger partial charge in [-0.25, -0.2) is 0 Å². The largest absolute Gasteiger partial charge is 0.496 e. The van der Waals surface area contributed by atoms with E-state index < -0.39 is 0 Å². The minimum Gasteiger partial charge on any atom is -0.496 e. The number of thiocarbonyl (C=S) groups is 1. The predicted octanol–water partition coefficient (Wildman–Crippen LogP) is 3.02. The van der Waals surface area contributed by atoms with Crippen molar-refractivity contribution in [2.45, 2.75) is 0 Å². The van der Waals surface area contributed by atoms with Crippen LogP contribution < -0.4 is 15.5 Å². The molecule has 0 aromatic heterocycles. The van der Waals surface area contributed by atoms with Crippen LogP contribution in [0.4, 0.5) is 5.69 Å². The van der Waals surface area contributed by atoms with E-state index in [0.717, 1.165) is 17.0 Å². The molecule has 20 heavy (non-hydrogen) atoms. The zero-order chi connectivity index (χ0) is 14.2. The van der Waals surface area contributed by atoms with Gasteiger partial charge in [0.1, 0.15) is 5.75 Å². The number of ether oxygens (including phenoxy) is 1. The normalized spacial score (nSPS) is 10.2. The topological polar surface area (TPSA) is 45.6 Å². The summed E-state index contributed by atoms with van der Waals surface area (Å²) in [5, 5.41) is 7.55. The molecule has 0 aliphatic heterocycles. The fraction of sp³-hybridized carbons (Fsp3) is 0.0667. The molecule has 0 spiro atoms. The third-order valence-corrected chi connectivity index (χ3v) is 2.73. The van der Waals surface area contributed by atoms with E-state index in [1.165, 1.54) is 0 Å². The van der Waals surface area contributed by atoms with Gasteiger partial charge in [-0.3, -0.25) is 5.43 Å². The molecule has 2 rings (SSSR count). The molecule has 5 heteroatoms. The van der Waals surface area contributed by atoms with Gasteiger partial charge in [0, 0.05) is 11.3 Å². The maximum absolute atomic E-state index is 5.23. The Morgan fingerprint density at radius 3 is 2.55 bits per heavy atom. The van der Waals surface area contributed by atoms with Crippen molar-refractivity contribution in [1.29, 1.82) is 0 Å². The van der Waals surface area contributed by atoms with Gasteiger partial charge >= 0.3 is 0 Å². The maximum atomic E-state index is 5.23. The maximum Gasteiger partial charge on any atom is 0.191 e. The van der Waals surface area contributed by atoms with Crippen LogP contribution >= 0.6 is 12.2 Å². The third-order valence-electron chi connectivity index (χ3n) is 2.54. The molecule has 2 aromatic carbocycles. The van der Waals surface area contributed by atoms with E-state index in [9.17, 15) is 0 Å². The summed E-state index contributed by atoms with van der Waals surface area (Å²) in [6.07, 6.45) is 1.66. The fourth-order valence-electron chi connectivity index (χ4n) is 1.61. The molecule has 0 unspecified atom stereocenters. The molecule has 0 atom stereocenters. The van der Waals surface area contributed by atoms with Crippen LogP contribution in [0.5, 0.6) is 5.75 Å². The van der Waals surface area contributed by atoms with Gasteiger partial charge in [0.25, 0.3) is 0 Å². The lowest BCUT2D eigenvalue weighted by Gasteiger charge is -2.06. The van der Waals surface area contributed by atoms with Crippen molar-refractivity contribution in [2.24, 2.45) is 5.10 Å². The Morgan fingerprint density at radius 1 is 1.10 bits per heavy atom. The minimum absolute atomic E-state index is 0.433. The van der Waals surface area contributed by atoms with Crippen molar-refractivity contribution in [1.82, 2.24) is 5.43 Å². The highest BCUT2D eigenvalue weighted by molar-refractivity contribution is 7.80. The highest BCUT2D eigenvalue weighted by atomic mass is 32.1. The summed E-state index contributed by atoms with van der Waals surface area (Å²) in [6, 6.07) is 17.3. The van der Waals surface area contributed by atoms with Crippen LogP contribution in [0.25, 0.3) is 0 Å². The molecular weight excluding hydrogens is 270 g/mol. The van der Waals surface area contributed by atoms with E-state index in [4.69, 9.17) is 17.0 Å². The molecule has 0 heterocycles. The molecule has 2 aromatic rings. The van der Waals surface area contributed by atoms with Crippen molar-refractivity contribution >= 4 is 29.2 Å². The minimum atomic E-state index is 0.433. The molecule has 0 saturated heterocycles. The fourth-order valence-corrected chi connectivity index (χ4v) is 1.78. The Balaban J connectivity index is 1.91. The lowest BCUT2D eigenvalue weighted by molar-refractivity contribution is 0.414. The predicted molar refractivity (Wildman–Crippen MR) is 86.4 cm³/mol. The summed E-state index contributed by atoms with van der Waals surface area (Å²) < 4.78 is 5.23. The number of hydrogen-bond acceptors (Lipinski definition) is 3. The van der Waals surface area contributed by atoms with Crippen molar-refractivity contribution in [2.75, 3.05) is 12.4 Å². The summed E-state index contributed by atoms with van der Waals surface area (Å²) in [4.78, 5) is 0. The van der Waals surface area contributed by atoms with Gasteiger partial charge in [-0.1, -0.05) is 30.3 Å². The van der Waals surface area contributed by atoms with E-state index in [1.54, 1.807) is 13.3 Å². The first-order chi connectivity index (χ1) is 9.79. The second kappa shape index (κ2) is 7.25. The number of nitrogens with zero attached hydrogens (tertiary/aromatic N) is 1. The van der Waals surface area contributed by atoms with Crippen molar-refractivity contribution in [3.05, 3.63) is 60.2 Å². The second-order valence-corrected chi connectivity index (χ2v) is 4.34. The zero-order valence-corrected chi connectivity index (χ0v) is 11.9. The van der Waals surface area contributed by atoms with Crippen LogP contribution in [0, 0.1) is 0 Å². The van der Waals surface area contributed by atoms with Gasteiger partial charge in [0.05, 0.1) is 13.3 Å². The molecule has 0 fully saturated rings. The Kier molecular flexibility index (Phi) is 5.08. The van der Waals surface area contributed by atoms with E-state index in [1.807, 2.05) is 54.6 Å². The third kappa shape index (κ3) is 4.07. The average Bonchev–Trinajstić information content (AvgIpc) is 2.49. The smallest absolute Gasteiger partial charge is 0.191 e. The Hall–Kier alpha value is -2.40. The summed E-state index contributed by atoms with van der Waals surface area (Å²) in [7, 11) is 1.63. The van der Waals surface area contributed by atoms with Gasteiger partial charge in [0.2, 0.25) is 0 Å². The van der Waals surface area contributed by atoms with Crippen LogP contribution in [0.2, 0.25) is 0 Å². The van der Waals surface area contributed by atoms with E-state index in [0.29, 0.717) is 5.11 Å². The number of methoxy groups -OCH3 is 1. The van der Waals surface area contributed by atoms with Crippen LogP contribution in [0.3, 0.4) is 0 Å². The Bertz CT molecular complexity index is 599. The highest BCUT2D eigenvalue weighted by Gasteiger charge is 1.98.